The van der Waals surface area contributed by atoms with Crippen molar-refractivity contribution in [1.29, 1.82) is 0 Å². The van der Waals surface area contributed by atoms with Crippen molar-refractivity contribution in [2.45, 2.75) is 13.0 Å². The fourth-order valence-electron chi connectivity index (χ4n) is 4.37. The predicted octanol–water partition coefficient (Wildman–Crippen LogP) is 3.85. The van der Waals surface area contributed by atoms with Gasteiger partial charge in [0.1, 0.15) is 0 Å². The Kier molecular flexibility index (Phi) is 6.07. The molecule has 4 aromatic rings. The Hall–Kier alpha value is -4.01. The number of anilines is 2. The Balaban J connectivity index is 1.43. The van der Waals surface area contributed by atoms with Gasteiger partial charge in [0.15, 0.2) is 0 Å². The van der Waals surface area contributed by atoms with E-state index in [0.717, 1.165) is 58.7 Å². The molecular weight excluding hydrogens is 440 g/mol. The first kappa shape index (κ1) is 22.8. The van der Waals surface area contributed by atoms with Crippen molar-refractivity contribution in [3.63, 3.8) is 0 Å². The highest BCUT2D eigenvalue weighted by molar-refractivity contribution is 6.18. The maximum Gasteiger partial charge on any atom is 0.248 e. The number of primary amides is 1. The van der Waals surface area contributed by atoms with Crippen LogP contribution in [0.25, 0.3) is 27.7 Å². The number of aromatic nitrogens is 3. The minimum absolute atomic E-state index is 0.0760. The summed E-state index contributed by atoms with van der Waals surface area (Å²) in [7, 11) is 1.96. The van der Waals surface area contributed by atoms with Crippen LogP contribution in [0.15, 0.2) is 61.4 Å². The Labute approximate surface area is 203 Å². The monoisotopic (exact) mass is 468 g/mol. The first-order chi connectivity index (χ1) is 16.9. The molecule has 0 saturated carbocycles. The van der Waals surface area contributed by atoms with E-state index in [2.05, 4.69) is 34.3 Å². The molecule has 3 heterocycles. The van der Waals surface area contributed by atoms with Gasteiger partial charge in [0, 0.05) is 60.3 Å². The number of morpholine rings is 1. The van der Waals surface area contributed by atoms with Gasteiger partial charge in [-0.25, -0.2) is 9.97 Å². The first-order valence-electron chi connectivity index (χ1n) is 11.5. The van der Waals surface area contributed by atoms with E-state index < -0.39 is 5.91 Å². The van der Waals surface area contributed by atoms with Crippen molar-refractivity contribution in [3.8, 4) is 11.3 Å². The molecule has 1 fully saturated rings. The average Bonchev–Trinajstić information content (AvgIpc) is 3.21. The SMILES string of the molecule is C=C(C(N)=O)c1ccc2c(-c3nc(Nc4ccc(C5CNCCO5)cc4)ncc3C)cn(C)c2c1. The zero-order valence-electron chi connectivity index (χ0n) is 19.8. The summed E-state index contributed by atoms with van der Waals surface area (Å²) in [4.78, 5) is 20.9. The van der Waals surface area contributed by atoms with Gasteiger partial charge in [0.25, 0.3) is 0 Å². The van der Waals surface area contributed by atoms with Crippen LogP contribution in [0.2, 0.25) is 0 Å². The van der Waals surface area contributed by atoms with E-state index >= 15 is 0 Å². The largest absolute Gasteiger partial charge is 0.371 e. The number of amides is 1. The van der Waals surface area contributed by atoms with E-state index in [9.17, 15) is 4.79 Å². The second-order valence-corrected chi connectivity index (χ2v) is 8.76. The number of benzene rings is 2. The second kappa shape index (κ2) is 9.32. The molecular formula is C27H28N6O2. The quantitative estimate of drug-likeness (QED) is 0.371. The number of ether oxygens (including phenoxy) is 1. The van der Waals surface area contributed by atoms with E-state index in [-0.39, 0.29) is 11.7 Å². The zero-order chi connectivity index (χ0) is 24.5. The van der Waals surface area contributed by atoms with Crippen molar-refractivity contribution in [3.05, 3.63) is 78.1 Å². The standard InChI is InChI=1S/C27H28N6O2/c1-16-13-30-27(31-20-7-4-18(5-8-20)24-14-29-10-11-35-24)32-25(16)22-15-33(3)23-12-19(6-9-21(22)23)17(2)26(28)34/h4-9,12-13,15,24,29H,2,10-11,14H2,1,3H3,(H2,28,34)(H,30,31,32). The molecule has 1 unspecified atom stereocenters. The number of carbonyl (C=O) groups is 1. The number of carbonyl (C=O) groups excluding carboxylic acids is 1. The summed E-state index contributed by atoms with van der Waals surface area (Å²) >= 11 is 0. The lowest BCUT2D eigenvalue weighted by molar-refractivity contribution is -0.112. The van der Waals surface area contributed by atoms with Crippen LogP contribution in [0.3, 0.4) is 0 Å². The highest BCUT2D eigenvalue weighted by Gasteiger charge is 2.17. The van der Waals surface area contributed by atoms with Crippen LogP contribution in [-0.2, 0) is 16.6 Å². The third kappa shape index (κ3) is 4.53. The van der Waals surface area contributed by atoms with Gasteiger partial charge < -0.3 is 25.7 Å². The number of nitrogens with zero attached hydrogens (tertiary/aromatic N) is 3. The summed E-state index contributed by atoms with van der Waals surface area (Å²) in [5.74, 6) is -0.0122. The molecule has 35 heavy (non-hydrogen) atoms. The molecule has 1 aliphatic heterocycles. The topological polar surface area (TPSA) is 107 Å². The lowest BCUT2D eigenvalue weighted by atomic mass is 10.0. The number of rotatable bonds is 6. The summed E-state index contributed by atoms with van der Waals surface area (Å²) in [6, 6.07) is 13.9. The Morgan fingerprint density at radius 2 is 2.06 bits per heavy atom. The van der Waals surface area contributed by atoms with Gasteiger partial charge in [-0.3, -0.25) is 4.79 Å². The molecule has 4 N–H and O–H groups in total. The molecule has 8 nitrogen and oxygen atoms in total. The van der Waals surface area contributed by atoms with Gasteiger partial charge in [0.05, 0.1) is 18.4 Å². The summed E-state index contributed by atoms with van der Waals surface area (Å²) < 4.78 is 7.84. The fraction of sp³-hybridized carbons (Fsp3) is 0.222. The molecule has 8 heteroatoms. The summed E-state index contributed by atoms with van der Waals surface area (Å²) in [5.41, 5.74) is 12.2. The van der Waals surface area contributed by atoms with Gasteiger partial charge >= 0.3 is 0 Å². The van der Waals surface area contributed by atoms with Gasteiger partial charge in [-0.15, -0.1) is 0 Å². The molecule has 0 spiro atoms. The number of aryl methyl sites for hydroxylation is 2. The van der Waals surface area contributed by atoms with Crippen LogP contribution in [0.5, 0.6) is 0 Å². The minimum atomic E-state index is -0.530. The van der Waals surface area contributed by atoms with E-state index in [1.54, 1.807) is 0 Å². The molecule has 1 aliphatic rings. The number of fused-ring (bicyclic) bond motifs is 1. The molecule has 178 valence electrons. The average molecular weight is 469 g/mol. The maximum atomic E-state index is 11.6. The highest BCUT2D eigenvalue weighted by Crippen LogP contribution is 2.33. The number of hydrogen-bond donors (Lipinski definition) is 3. The second-order valence-electron chi connectivity index (χ2n) is 8.76. The predicted molar refractivity (Wildman–Crippen MR) is 138 cm³/mol. The molecule has 2 aromatic heterocycles. The van der Waals surface area contributed by atoms with E-state index in [4.69, 9.17) is 15.5 Å². The highest BCUT2D eigenvalue weighted by atomic mass is 16.5. The van der Waals surface area contributed by atoms with Crippen molar-refractivity contribution in [2.75, 3.05) is 25.0 Å². The van der Waals surface area contributed by atoms with Crippen molar-refractivity contribution < 1.29 is 9.53 Å². The molecule has 0 aliphatic carbocycles. The van der Waals surface area contributed by atoms with Crippen LogP contribution in [0, 0.1) is 6.92 Å². The number of nitrogens with two attached hydrogens (primary N) is 1. The first-order valence-corrected chi connectivity index (χ1v) is 11.5. The molecule has 2 aromatic carbocycles. The van der Waals surface area contributed by atoms with E-state index in [1.807, 2.05) is 61.3 Å². The third-order valence-electron chi connectivity index (χ3n) is 6.33. The Morgan fingerprint density at radius 1 is 1.26 bits per heavy atom. The Bertz CT molecular complexity index is 1420. The zero-order valence-corrected chi connectivity index (χ0v) is 19.8. The summed E-state index contributed by atoms with van der Waals surface area (Å²) in [5, 5.41) is 7.69. The van der Waals surface area contributed by atoms with Crippen LogP contribution >= 0.6 is 0 Å². The molecule has 1 atom stereocenters. The van der Waals surface area contributed by atoms with E-state index in [1.165, 1.54) is 0 Å². The third-order valence-corrected chi connectivity index (χ3v) is 6.33. The number of nitrogens with one attached hydrogen (secondary N) is 2. The van der Waals surface area contributed by atoms with E-state index in [0.29, 0.717) is 11.5 Å². The van der Waals surface area contributed by atoms with Crippen molar-refractivity contribution in [2.24, 2.45) is 12.8 Å². The van der Waals surface area contributed by atoms with Gasteiger partial charge in [-0.05, 0) is 41.8 Å². The Morgan fingerprint density at radius 3 is 2.77 bits per heavy atom. The molecule has 0 bridgehead atoms. The summed E-state index contributed by atoms with van der Waals surface area (Å²) in [6.45, 7) is 8.23. The lowest BCUT2D eigenvalue weighted by Crippen LogP contribution is -2.33. The molecule has 5 rings (SSSR count). The minimum Gasteiger partial charge on any atom is -0.371 e. The molecule has 0 radical (unpaired) electrons. The smallest absolute Gasteiger partial charge is 0.248 e. The van der Waals surface area contributed by atoms with Gasteiger partial charge in [0.2, 0.25) is 11.9 Å². The van der Waals surface area contributed by atoms with Crippen molar-refractivity contribution >= 4 is 34.0 Å². The molecule has 1 amide bonds. The van der Waals surface area contributed by atoms with Crippen LogP contribution in [0.4, 0.5) is 11.6 Å². The van der Waals surface area contributed by atoms with Crippen LogP contribution < -0.4 is 16.4 Å². The van der Waals surface area contributed by atoms with Gasteiger partial charge in [-0.2, -0.15) is 0 Å². The maximum absolute atomic E-state index is 11.6. The number of hydrogen-bond acceptors (Lipinski definition) is 6. The lowest BCUT2D eigenvalue weighted by Gasteiger charge is -2.24. The fourth-order valence-corrected chi connectivity index (χ4v) is 4.37. The van der Waals surface area contributed by atoms with Gasteiger partial charge in [-0.1, -0.05) is 30.8 Å². The van der Waals surface area contributed by atoms with Crippen LogP contribution in [-0.4, -0.2) is 40.1 Å². The van der Waals surface area contributed by atoms with Crippen LogP contribution in [0.1, 0.15) is 22.8 Å². The molecule has 1 saturated heterocycles. The van der Waals surface area contributed by atoms with Crippen molar-refractivity contribution in [1.82, 2.24) is 19.9 Å². The summed E-state index contributed by atoms with van der Waals surface area (Å²) in [6.07, 6.45) is 3.93. The normalized spacial score (nSPS) is 15.8.